The van der Waals surface area contributed by atoms with Gasteiger partial charge in [0.2, 0.25) is 5.91 Å². The molecule has 0 radical (unpaired) electrons. The highest BCUT2D eigenvalue weighted by Crippen LogP contribution is 2.33. The first-order valence-electron chi connectivity index (χ1n) is 17.6. The van der Waals surface area contributed by atoms with Crippen molar-refractivity contribution in [2.24, 2.45) is 0 Å². The SMILES string of the molecule is COc1ccc2c(c1)c(CC(=O)N[C@@H](Cc1ccc(OCc3ccc([N+](=O)[O-])cc3)cc1)C(=O)NS(=O)(=O)c1ccc(Cl)c([N+](=O)[O-])c1)c(C)n2-c1ccc(C)cc1. The summed E-state index contributed by atoms with van der Waals surface area (Å²) in [6, 6.07) is 27.2. The average molecular weight is 826 g/mol. The summed E-state index contributed by atoms with van der Waals surface area (Å²) in [4.78, 5) is 48.3. The lowest BCUT2D eigenvalue weighted by Gasteiger charge is -2.19. The summed E-state index contributed by atoms with van der Waals surface area (Å²) in [6.07, 6.45) is -0.349. The molecule has 0 saturated heterocycles. The van der Waals surface area contributed by atoms with Crippen molar-refractivity contribution in [3.8, 4) is 17.2 Å². The van der Waals surface area contributed by atoms with Crippen LogP contribution < -0.4 is 19.5 Å². The third kappa shape index (κ3) is 9.25. The summed E-state index contributed by atoms with van der Waals surface area (Å²) in [6.45, 7) is 3.97. The van der Waals surface area contributed by atoms with Gasteiger partial charge in [-0.25, -0.2) is 13.1 Å². The van der Waals surface area contributed by atoms with Crippen LogP contribution in [-0.2, 0) is 39.1 Å². The van der Waals surface area contributed by atoms with E-state index in [0.29, 0.717) is 28.2 Å². The zero-order valence-electron chi connectivity index (χ0n) is 31.3. The molecule has 0 fully saturated rings. The summed E-state index contributed by atoms with van der Waals surface area (Å²) in [5, 5.41) is 25.6. The second kappa shape index (κ2) is 17.2. The fourth-order valence-electron chi connectivity index (χ4n) is 6.35. The van der Waals surface area contributed by atoms with Crippen molar-refractivity contribution in [1.29, 1.82) is 0 Å². The summed E-state index contributed by atoms with van der Waals surface area (Å²) >= 11 is 5.89. The van der Waals surface area contributed by atoms with Crippen LogP contribution in [0.5, 0.6) is 11.5 Å². The van der Waals surface area contributed by atoms with Gasteiger partial charge in [-0.15, -0.1) is 0 Å². The Bertz CT molecular complexity index is 2650. The van der Waals surface area contributed by atoms with Gasteiger partial charge in [-0.1, -0.05) is 41.4 Å². The number of non-ortho nitro benzene ring substituents is 1. The maximum Gasteiger partial charge on any atom is 0.289 e. The summed E-state index contributed by atoms with van der Waals surface area (Å²) < 4.78 is 42.0. The lowest BCUT2D eigenvalue weighted by Crippen LogP contribution is -2.49. The molecule has 1 aromatic heterocycles. The van der Waals surface area contributed by atoms with Crippen molar-refractivity contribution in [3.63, 3.8) is 0 Å². The minimum Gasteiger partial charge on any atom is -0.497 e. The predicted octanol–water partition coefficient (Wildman–Crippen LogP) is 7.08. The lowest BCUT2D eigenvalue weighted by atomic mass is 10.0. The van der Waals surface area contributed by atoms with E-state index in [0.717, 1.165) is 46.0 Å². The zero-order chi connectivity index (χ0) is 41.7. The molecule has 0 aliphatic heterocycles. The van der Waals surface area contributed by atoms with Crippen LogP contribution in [0.3, 0.4) is 0 Å². The van der Waals surface area contributed by atoms with Crippen LogP contribution in [0.25, 0.3) is 16.6 Å². The Labute approximate surface area is 337 Å². The van der Waals surface area contributed by atoms with Gasteiger partial charge in [-0.3, -0.25) is 29.8 Å². The number of amides is 2. The van der Waals surface area contributed by atoms with Gasteiger partial charge in [-0.2, -0.15) is 0 Å². The molecule has 0 bridgehead atoms. The minimum atomic E-state index is -4.67. The summed E-state index contributed by atoms with van der Waals surface area (Å²) in [5.74, 6) is -0.670. The Kier molecular flexibility index (Phi) is 12.1. The van der Waals surface area contributed by atoms with Crippen LogP contribution in [0.4, 0.5) is 11.4 Å². The minimum absolute atomic E-state index is 0.0505. The maximum absolute atomic E-state index is 14.0. The molecular formula is C41H36ClN5O10S. The Morgan fingerprint density at radius 1 is 0.828 bits per heavy atom. The fourth-order valence-corrected chi connectivity index (χ4v) is 7.58. The molecule has 58 heavy (non-hydrogen) atoms. The summed E-state index contributed by atoms with van der Waals surface area (Å²) in [7, 11) is -3.14. The van der Waals surface area contributed by atoms with Crippen molar-refractivity contribution >= 4 is 55.7 Å². The van der Waals surface area contributed by atoms with Crippen molar-refractivity contribution < 1.29 is 37.3 Å². The number of nitrogens with one attached hydrogen (secondary N) is 2. The van der Waals surface area contributed by atoms with Crippen LogP contribution in [0.1, 0.15) is 27.9 Å². The number of rotatable bonds is 15. The lowest BCUT2D eigenvalue weighted by molar-refractivity contribution is -0.385. The average Bonchev–Trinajstić information content (AvgIpc) is 3.46. The van der Waals surface area contributed by atoms with E-state index in [1.807, 2.05) is 65.6 Å². The van der Waals surface area contributed by atoms with E-state index in [1.165, 1.54) is 19.2 Å². The van der Waals surface area contributed by atoms with E-state index in [2.05, 4.69) is 5.32 Å². The zero-order valence-corrected chi connectivity index (χ0v) is 32.9. The summed E-state index contributed by atoms with van der Waals surface area (Å²) in [5.41, 5.74) is 4.68. The third-order valence-corrected chi connectivity index (χ3v) is 11.1. The van der Waals surface area contributed by atoms with Crippen LogP contribution in [0, 0.1) is 34.1 Å². The molecule has 15 nitrogen and oxygen atoms in total. The van der Waals surface area contributed by atoms with Crippen molar-refractivity contribution in [3.05, 3.63) is 162 Å². The normalized spacial score (nSPS) is 11.8. The molecule has 0 aliphatic carbocycles. The maximum atomic E-state index is 14.0. The van der Waals surface area contributed by atoms with Gasteiger partial charge in [0.15, 0.2) is 0 Å². The van der Waals surface area contributed by atoms with Gasteiger partial charge in [0, 0.05) is 41.4 Å². The Morgan fingerprint density at radius 2 is 1.48 bits per heavy atom. The van der Waals surface area contributed by atoms with E-state index < -0.39 is 48.3 Å². The number of hydrogen-bond donors (Lipinski definition) is 2. The van der Waals surface area contributed by atoms with Gasteiger partial charge in [0.1, 0.15) is 29.2 Å². The quantitative estimate of drug-likeness (QED) is 0.0796. The topological polar surface area (TPSA) is 202 Å². The van der Waals surface area contributed by atoms with Crippen LogP contribution in [-0.4, -0.2) is 47.8 Å². The number of nitrogens with zero attached hydrogens (tertiary/aromatic N) is 3. The first-order chi connectivity index (χ1) is 27.6. The van der Waals surface area contributed by atoms with Gasteiger partial charge < -0.3 is 19.4 Å². The van der Waals surface area contributed by atoms with Crippen LogP contribution in [0.15, 0.2) is 114 Å². The first kappa shape index (κ1) is 40.9. The Morgan fingerprint density at radius 3 is 2.12 bits per heavy atom. The molecule has 0 saturated carbocycles. The smallest absolute Gasteiger partial charge is 0.289 e. The van der Waals surface area contributed by atoms with Gasteiger partial charge in [0.05, 0.1) is 33.8 Å². The molecule has 298 valence electrons. The molecule has 1 heterocycles. The molecule has 5 aromatic carbocycles. The number of aromatic nitrogens is 1. The molecule has 0 unspecified atom stereocenters. The second-order valence-electron chi connectivity index (χ2n) is 13.3. The number of halogens is 1. The Hall–Kier alpha value is -6.78. The molecule has 2 amide bonds. The molecule has 0 spiro atoms. The van der Waals surface area contributed by atoms with E-state index in [4.69, 9.17) is 21.1 Å². The Balaban J connectivity index is 1.27. The molecule has 1 atom stereocenters. The number of methoxy groups -OCH3 is 1. The highest BCUT2D eigenvalue weighted by molar-refractivity contribution is 7.90. The van der Waals surface area contributed by atoms with E-state index in [9.17, 15) is 38.2 Å². The third-order valence-electron chi connectivity index (χ3n) is 9.40. The number of nitro benzene ring substituents is 2. The molecule has 0 aliphatic rings. The predicted molar refractivity (Wildman–Crippen MR) is 216 cm³/mol. The standard InChI is InChI=1S/C41H36ClN5O10S/c1-25-4-10-29(11-5-25)45-26(2)34(35-21-32(56-3)16-19-38(35)45)23-40(48)43-37(41(49)44-58(54,55)33-17-18-36(42)39(22-33)47(52)53)20-27-8-14-31(15-9-27)57-24-28-6-12-30(13-7-28)46(50)51/h4-19,21-22,37H,20,23-24H2,1-3H3,(H,43,48)(H,44,49)/t37-/m0/s1. The number of aryl methyl sites for hydroxylation is 1. The highest BCUT2D eigenvalue weighted by Gasteiger charge is 2.29. The highest BCUT2D eigenvalue weighted by atomic mass is 35.5. The first-order valence-corrected chi connectivity index (χ1v) is 19.5. The van der Waals surface area contributed by atoms with E-state index >= 15 is 0 Å². The van der Waals surface area contributed by atoms with Crippen LogP contribution >= 0.6 is 11.6 Å². The fraction of sp³-hybridized carbons (Fsp3) is 0.171. The molecule has 2 N–H and O–H groups in total. The number of nitro groups is 2. The molecule has 6 rings (SSSR count). The van der Waals surface area contributed by atoms with Gasteiger partial charge in [0.25, 0.3) is 27.3 Å². The monoisotopic (exact) mass is 825 g/mol. The second-order valence-corrected chi connectivity index (χ2v) is 15.4. The largest absolute Gasteiger partial charge is 0.497 e. The van der Waals surface area contributed by atoms with Crippen molar-refractivity contribution in [1.82, 2.24) is 14.6 Å². The van der Waals surface area contributed by atoms with Crippen molar-refractivity contribution in [2.75, 3.05) is 7.11 Å². The van der Waals surface area contributed by atoms with E-state index in [1.54, 1.807) is 36.4 Å². The van der Waals surface area contributed by atoms with E-state index in [-0.39, 0.29) is 30.2 Å². The molecular weight excluding hydrogens is 790 g/mol. The number of sulfonamides is 1. The number of benzene rings is 5. The molecule has 17 heteroatoms. The number of carbonyl (C=O) groups is 2. The number of fused-ring (bicyclic) bond motifs is 1. The van der Waals surface area contributed by atoms with Crippen LogP contribution in [0.2, 0.25) is 5.02 Å². The van der Waals surface area contributed by atoms with Crippen molar-refractivity contribution in [2.45, 2.75) is 44.2 Å². The number of hydrogen-bond acceptors (Lipinski definition) is 10. The van der Waals surface area contributed by atoms with Gasteiger partial charge in [-0.05, 0) is 97.3 Å². The number of carbonyl (C=O) groups excluding carboxylic acids is 2. The molecule has 6 aromatic rings. The van der Waals surface area contributed by atoms with Gasteiger partial charge >= 0.3 is 0 Å². The number of ether oxygens (including phenoxy) is 2.